The van der Waals surface area contributed by atoms with Gasteiger partial charge in [-0.1, -0.05) is 31.5 Å². The number of nitrogens with zero attached hydrogens (tertiary/aromatic N) is 5. The summed E-state index contributed by atoms with van der Waals surface area (Å²) in [6, 6.07) is 0.587. The molecule has 2 N–H and O–H groups in total. The molecule has 1 fully saturated rings. The van der Waals surface area contributed by atoms with E-state index in [1.807, 2.05) is 13.2 Å². The standard InChI is InChI=1S/C20H33N7S2/c1-4-16-14-24-18(29-16)11-13-23-19(21-2)22-12-7-10-17-25-26-20(28-3)27(17)15-8-5-6-9-15/h14-15H,4-13H2,1-3H3,(H2,21,22,23). The Morgan fingerprint density at radius 3 is 2.72 bits per heavy atom. The van der Waals surface area contributed by atoms with Gasteiger partial charge in [0.2, 0.25) is 0 Å². The van der Waals surface area contributed by atoms with Gasteiger partial charge in [0.25, 0.3) is 0 Å². The maximum absolute atomic E-state index is 4.47. The van der Waals surface area contributed by atoms with Crippen molar-refractivity contribution in [3.05, 3.63) is 21.9 Å². The zero-order valence-electron chi connectivity index (χ0n) is 17.8. The van der Waals surface area contributed by atoms with Crippen LogP contribution in [0.5, 0.6) is 0 Å². The lowest BCUT2D eigenvalue weighted by Gasteiger charge is -2.16. The van der Waals surface area contributed by atoms with Crippen LogP contribution < -0.4 is 10.6 Å². The summed E-state index contributed by atoms with van der Waals surface area (Å²) in [5, 5.41) is 17.9. The number of hydrogen-bond donors (Lipinski definition) is 2. The van der Waals surface area contributed by atoms with Gasteiger partial charge >= 0.3 is 0 Å². The number of nitrogens with one attached hydrogen (secondary N) is 2. The summed E-state index contributed by atoms with van der Waals surface area (Å²) in [5.41, 5.74) is 0. The van der Waals surface area contributed by atoms with Crippen molar-refractivity contribution in [2.75, 3.05) is 26.4 Å². The molecular formula is C20H33N7S2. The first-order valence-corrected chi connectivity index (χ1v) is 12.6. The first-order valence-electron chi connectivity index (χ1n) is 10.6. The van der Waals surface area contributed by atoms with Crippen LogP contribution in [0.1, 0.15) is 60.8 Å². The Hall–Kier alpha value is -1.61. The number of guanidine groups is 1. The second kappa shape index (κ2) is 11.5. The van der Waals surface area contributed by atoms with E-state index in [4.69, 9.17) is 0 Å². The van der Waals surface area contributed by atoms with Crippen LogP contribution in [0, 0.1) is 0 Å². The third-order valence-electron chi connectivity index (χ3n) is 5.28. The van der Waals surface area contributed by atoms with Crippen molar-refractivity contribution in [2.24, 2.45) is 4.99 Å². The molecule has 7 nitrogen and oxygen atoms in total. The Balaban J connectivity index is 1.40. The Bertz CT molecular complexity index is 778. The van der Waals surface area contributed by atoms with Gasteiger partial charge in [-0.3, -0.25) is 4.99 Å². The van der Waals surface area contributed by atoms with E-state index in [9.17, 15) is 0 Å². The third-order valence-corrected chi connectivity index (χ3v) is 7.13. The topological polar surface area (TPSA) is 80.0 Å². The minimum Gasteiger partial charge on any atom is -0.356 e. The molecule has 1 aliphatic carbocycles. The van der Waals surface area contributed by atoms with Crippen LogP contribution in [-0.4, -0.2) is 52.1 Å². The SMILES string of the molecule is CCc1cnc(CCNC(=NC)NCCCc2nnc(SC)n2C2CCCC2)s1. The third kappa shape index (κ3) is 6.18. The van der Waals surface area contributed by atoms with Gasteiger partial charge in [0.1, 0.15) is 5.82 Å². The van der Waals surface area contributed by atoms with E-state index in [2.05, 4.69) is 48.6 Å². The van der Waals surface area contributed by atoms with E-state index in [1.54, 1.807) is 23.1 Å². The molecule has 2 aromatic rings. The highest BCUT2D eigenvalue weighted by atomic mass is 32.2. The molecule has 0 bridgehead atoms. The second-order valence-electron chi connectivity index (χ2n) is 7.26. The molecule has 0 spiro atoms. The van der Waals surface area contributed by atoms with Crippen LogP contribution in [0.15, 0.2) is 16.3 Å². The predicted octanol–water partition coefficient (Wildman–Crippen LogP) is 3.47. The number of aromatic nitrogens is 4. The fourth-order valence-electron chi connectivity index (χ4n) is 3.74. The van der Waals surface area contributed by atoms with Gasteiger partial charge in [0, 0.05) is 50.1 Å². The minimum atomic E-state index is 0.587. The highest BCUT2D eigenvalue weighted by molar-refractivity contribution is 7.98. The van der Waals surface area contributed by atoms with Crippen molar-refractivity contribution in [3.63, 3.8) is 0 Å². The molecule has 1 aliphatic rings. The molecular weight excluding hydrogens is 402 g/mol. The van der Waals surface area contributed by atoms with Crippen LogP contribution in [-0.2, 0) is 19.3 Å². The van der Waals surface area contributed by atoms with Crippen molar-refractivity contribution in [2.45, 2.75) is 69.5 Å². The van der Waals surface area contributed by atoms with Crippen LogP contribution in [0.4, 0.5) is 0 Å². The normalized spacial score (nSPS) is 15.2. The second-order valence-corrected chi connectivity index (χ2v) is 9.24. The first kappa shape index (κ1) is 22.1. The molecule has 29 heavy (non-hydrogen) atoms. The lowest BCUT2D eigenvalue weighted by atomic mass is 10.2. The lowest BCUT2D eigenvalue weighted by molar-refractivity contribution is 0.460. The fourth-order valence-corrected chi connectivity index (χ4v) is 5.17. The maximum Gasteiger partial charge on any atom is 0.191 e. The van der Waals surface area contributed by atoms with Crippen molar-refractivity contribution in [3.8, 4) is 0 Å². The molecule has 0 unspecified atom stereocenters. The lowest BCUT2D eigenvalue weighted by Crippen LogP contribution is -2.38. The van der Waals surface area contributed by atoms with Crippen LogP contribution in [0.3, 0.4) is 0 Å². The predicted molar refractivity (Wildman–Crippen MR) is 122 cm³/mol. The minimum absolute atomic E-state index is 0.587. The molecule has 0 aliphatic heterocycles. The Kier molecular flexibility index (Phi) is 8.79. The summed E-state index contributed by atoms with van der Waals surface area (Å²) in [6.07, 6.45) is 13.2. The van der Waals surface area contributed by atoms with Crippen LogP contribution in [0.25, 0.3) is 0 Å². The number of aryl methyl sites for hydroxylation is 2. The summed E-state index contributed by atoms with van der Waals surface area (Å²) in [6.45, 7) is 3.87. The molecule has 0 atom stereocenters. The molecule has 2 heterocycles. The van der Waals surface area contributed by atoms with Crippen LogP contribution in [0.2, 0.25) is 0 Å². The van der Waals surface area contributed by atoms with E-state index in [0.29, 0.717) is 6.04 Å². The number of thioether (sulfide) groups is 1. The van der Waals surface area contributed by atoms with Crippen LogP contribution >= 0.6 is 23.1 Å². The molecule has 3 rings (SSSR count). The molecule has 0 aromatic carbocycles. The number of rotatable bonds is 10. The van der Waals surface area contributed by atoms with Crippen molar-refractivity contribution in [1.82, 2.24) is 30.4 Å². The summed E-state index contributed by atoms with van der Waals surface area (Å²) < 4.78 is 2.39. The van der Waals surface area contributed by atoms with Gasteiger partial charge in [0.15, 0.2) is 11.1 Å². The van der Waals surface area contributed by atoms with Gasteiger partial charge in [-0.15, -0.1) is 21.5 Å². The van der Waals surface area contributed by atoms with Gasteiger partial charge in [-0.25, -0.2) is 4.98 Å². The maximum atomic E-state index is 4.47. The molecule has 0 amide bonds. The fraction of sp³-hybridized carbons (Fsp3) is 0.700. The first-order chi connectivity index (χ1) is 14.2. The number of thiazole rings is 1. The summed E-state index contributed by atoms with van der Waals surface area (Å²) in [5.74, 6) is 1.97. The summed E-state index contributed by atoms with van der Waals surface area (Å²) in [4.78, 5) is 10.1. The summed E-state index contributed by atoms with van der Waals surface area (Å²) in [7, 11) is 1.81. The molecule has 160 valence electrons. The summed E-state index contributed by atoms with van der Waals surface area (Å²) >= 11 is 3.50. The Labute approximate surface area is 182 Å². The average molecular weight is 436 g/mol. The van der Waals surface area contributed by atoms with E-state index >= 15 is 0 Å². The van der Waals surface area contributed by atoms with E-state index in [1.165, 1.54) is 35.6 Å². The van der Waals surface area contributed by atoms with Crippen molar-refractivity contribution >= 4 is 29.1 Å². The molecule has 9 heteroatoms. The average Bonchev–Trinajstić information content (AvgIpc) is 3.49. The monoisotopic (exact) mass is 435 g/mol. The number of aliphatic imine (C=N–C) groups is 1. The smallest absolute Gasteiger partial charge is 0.191 e. The molecule has 2 aromatic heterocycles. The number of hydrogen-bond acceptors (Lipinski definition) is 6. The Morgan fingerprint density at radius 1 is 1.24 bits per heavy atom. The zero-order chi connectivity index (χ0) is 20.5. The highest BCUT2D eigenvalue weighted by Crippen LogP contribution is 2.33. The van der Waals surface area contributed by atoms with Crippen molar-refractivity contribution in [1.29, 1.82) is 0 Å². The van der Waals surface area contributed by atoms with Gasteiger partial charge in [0.05, 0.1) is 5.01 Å². The van der Waals surface area contributed by atoms with Gasteiger partial charge in [-0.2, -0.15) is 0 Å². The molecule has 1 saturated carbocycles. The Morgan fingerprint density at radius 2 is 2.03 bits per heavy atom. The van der Waals surface area contributed by atoms with E-state index < -0.39 is 0 Å². The van der Waals surface area contributed by atoms with Gasteiger partial charge in [-0.05, 0) is 31.9 Å². The molecule has 0 saturated heterocycles. The van der Waals surface area contributed by atoms with Gasteiger partial charge < -0.3 is 15.2 Å². The highest BCUT2D eigenvalue weighted by Gasteiger charge is 2.23. The zero-order valence-corrected chi connectivity index (χ0v) is 19.4. The van der Waals surface area contributed by atoms with Crippen molar-refractivity contribution < 1.29 is 0 Å². The largest absolute Gasteiger partial charge is 0.356 e. The van der Waals surface area contributed by atoms with E-state index in [0.717, 1.165) is 55.7 Å². The molecule has 0 radical (unpaired) electrons. The van der Waals surface area contributed by atoms with E-state index in [-0.39, 0.29) is 0 Å². The quantitative estimate of drug-likeness (QED) is 0.257.